The number of rotatable bonds is 1. The molecular weight excluding hydrogens is 228 g/mol. The van der Waals surface area contributed by atoms with Gasteiger partial charge in [-0.05, 0) is 24.6 Å². The van der Waals surface area contributed by atoms with Crippen LogP contribution >= 0.6 is 11.3 Å². The van der Waals surface area contributed by atoms with Crippen molar-refractivity contribution in [1.29, 1.82) is 0 Å². The molecule has 2 heteroatoms. The number of hydrogen-bond donors (Lipinski definition) is 1. The summed E-state index contributed by atoms with van der Waals surface area (Å²) in [5, 5.41) is 11.2. The zero-order valence-electron chi connectivity index (χ0n) is 9.47. The molecule has 0 spiro atoms. The lowest BCUT2D eigenvalue weighted by Gasteiger charge is -1.97. The van der Waals surface area contributed by atoms with Crippen LogP contribution < -0.4 is 0 Å². The van der Waals surface area contributed by atoms with Crippen LogP contribution in [0.25, 0.3) is 20.5 Å². The van der Waals surface area contributed by atoms with E-state index in [1.165, 1.54) is 5.56 Å². The third kappa shape index (κ3) is 1.71. The van der Waals surface area contributed by atoms with Crippen LogP contribution in [0.15, 0.2) is 48.5 Å². The second-order valence-corrected chi connectivity index (χ2v) is 5.20. The maximum absolute atomic E-state index is 10.3. The van der Waals surface area contributed by atoms with Crippen molar-refractivity contribution in [2.24, 2.45) is 0 Å². The maximum Gasteiger partial charge on any atom is 0.142 e. The fourth-order valence-corrected chi connectivity index (χ4v) is 3.07. The van der Waals surface area contributed by atoms with E-state index in [-0.39, 0.29) is 0 Å². The molecule has 0 amide bonds. The van der Waals surface area contributed by atoms with Crippen molar-refractivity contribution in [2.45, 2.75) is 6.92 Å². The molecule has 1 aromatic heterocycles. The number of thiophene rings is 1. The van der Waals surface area contributed by atoms with Crippen LogP contribution in [0.1, 0.15) is 5.56 Å². The summed E-state index contributed by atoms with van der Waals surface area (Å²) in [6.07, 6.45) is 0. The number of fused-ring (bicyclic) bond motifs is 1. The Hall–Kier alpha value is -1.80. The average molecular weight is 240 g/mol. The van der Waals surface area contributed by atoms with Crippen molar-refractivity contribution < 1.29 is 5.11 Å². The predicted octanol–water partition coefficient (Wildman–Crippen LogP) is 4.58. The third-order valence-corrected chi connectivity index (χ3v) is 4.06. The monoisotopic (exact) mass is 240 g/mol. The Balaban J connectivity index is 2.28. The first-order valence-electron chi connectivity index (χ1n) is 5.53. The molecule has 0 aliphatic carbocycles. The van der Waals surface area contributed by atoms with Crippen LogP contribution in [-0.4, -0.2) is 5.11 Å². The zero-order valence-corrected chi connectivity index (χ0v) is 10.3. The van der Waals surface area contributed by atoms with Crippen molar-refractivity contribution >= 4 is 21.4 Å². The van der Waals surface area contributed by atoms with E-state index in [0.717, 1.165) is 20.5 Å². The summed E-state index contributed by atoms with van der Waals surface area (Å²) in [6.45, 7) is 2.04. The Labute approximate surface area is 104 Å². The molecule has 2 aromatic carbocycles. The molecular formula is C15H12OS. The minimum absolute atomic E-state index is 0.403. The van der Waals surface area contributed by atoms with E-state index in [1.807, 2.05) is 43.3 Å². The van der Waals surface area contributed by atoms with E-state index in [9.17, 15) is 5.11 Å². The fourth-order valence-electron chi connectivity index (χ4n) is 1.98. The first kappa shape index (κ1) is 10.4. The van der Waals surface area contributed by atoms with E-state index in [0.29, 0.717) is 5.75 Å². The van der Waals surface area contributed by atoms with Crippen molar-refractivity contribution in [3.05, 3.63) is 54.1 Å². The molecule has 3 aromatic rings. The normalized spacial score (nSPS) is 10.9. The summed E-state index contributed by atoms with van der Waals surface area (Å²) in [5.74, 6) is 0.403. The summed E-state index contributed by atoms with van der Waals surface area (Å²) >= 11 is 1.64. The lowest BCUT2D eigenvalue weighted by molar-refractivity contribution is 0.485. The van der Waals surface area contributed by atoms with Crippen LogP contribution in [0.5, 0.6) is 5.75 Å². The molecule has 0 bridgehead atoms. The van der Waals surface area contributed by atoms with Crippen LogP contribution in [0.3, 0.4) is 0 Å². The van der Waals surface area contributed by atoms with Crippen LogP contribution in [0.4, 0.5) is 0 Å². The van der Waals surface area contributed by atoms with Gasteiger partial charge in [0, 0.05) is 10.1 Å². The molecule has 1 N–H and O–H groups in total. The highest BCUT2D eigenvalue weighted by Gasteiger charge is 2.12. The minimum Gasteiger partial charge on any atom is -0.506 e. The maximum atomic E-state index is 10.3. The highest BCUT2D eigenvalue weighted by Crippen LogP contribution is 2.43. The molecule has 0 aliphatic rings. The van der Waals surface area contributed by atoms with Gasteiger partial charge in [-0.3, -0.25) is 0 Å². The van der Waals surface area contributed by atoms with Gasteiger partial charge < -0.3 is 5.11 Å². The number of aromatic hydroxyl groups is 1. The van der Waals surface area contributed by atoms with E-state index in [1.54, 1.807) is 11.3 Å². The van der Waals surface area contributed by atoms with Gasteiger partial charge in [-0.25, -0.2) is 0 Å². The molecule has 0 saturated heterocycles. The van der Waals surface area contributed by atoms with Crippen molar-refractivity contribution in [2.75, 3.05) is 0 Å². The highest BCUT2D eigenvalue weighted by atomic mass is 32.1. The summed E-state index contributed by atoms with van der Waals surface area (Å²) in [7, 11) is 0. The van der Waals surface area contributed by atoms with Gasteiger partial charge in [0.15, 0.2) is 0 Å². The molecule has 0 atom stereocenters. The van der Waals surface area contributed by atoms with Gasteiger partial charge >= 0.3 is 0 Å². The number of benzene rings is 2. The van der Waals surface area contributed by atoms with E-state index < -0.39 is 0 Å². The molecule has 1 heterocycles. The molecule has 17 heavy (non-hydrogen) atoms. The Morgan fingerprint density at radius 2 is 1.76 bits per heavy atom. The van der Waals surface area contributed by atoms with E-state index in [4.69, 9.17) is 0 Å². The zero-order chi connectivity index (χ0) is 11.8. The Bertz CT molecular complexity index is 668. The van der Waals surface area contributed by atoms with Gasteiger partial charge in [-0.2, -0.15) is 0 Å². The summed E-state index contributed by atoms with van der Waals surface area (Å²) in [5.41, 5.74) is 2.24. The third-order valence-electron chi connectivity index (χ3n) is 2.85. The van der Waals surface area contributed by atoms with E-state index >= 15 is 0 Å². The predicted molar refractivity (Wildman–Crippen MR) is 73.7 cm³/mol. The first-order chi connectivity index (χ1) is 8.25. The van der Waals surface area contributed by atoms with Crippen molar-refractivity contribution in [3.8, 4) is 16.2 Å². The molecule has 1 nitrogen and oxygen atoms in total. The van der Waals surface area contributed by atoms with Gasteiger partial charge in [0.1, 0.15) is 5.75 Å². The molecule has 0 fully saturated rings. The average Bonchev–Trinajstić information content (AvgIpc) is 2.68. The molecule has 0 aliphatic heterocycles. The molecule has 0 unspecified atom stereocenters. The van der Waals surface area contributed by atoms with E-state index in [2.05, 4.69) is 12.1 Å². The summed E-state index contributed by atoms with van der Waals surface area (Å²) in [4.78, 5) is 0.950. The van der Waals surface area contributed by atoms with Crippen molar-refractivity contribution in [1.82, 2.24) is 0 Å². The number of aryl methyl sites for hydroxylation is 1. The van der Waals surface area contributed by atoms with Gasteiger partial charge in [0.05, 0.1) is 4.88 Å². The first-order valence-corrected chi connectivity index (χ1v) is 6.35. The Morgan fingerprint density at radius 1 is 1.00 bits per heavy atom. The topological polar surface area (TPSA) is 20.2 Å². The minimum atomic E-state index is 0.403. The van der Waals surface area contributed by atoms with Gasteiger partial charge in [0.25, 0.3) is 0 Å². The smallest absolute Gasteiger partial charge is 0.142 e. The Morgan fingerprint density at radius 3 is 2.53 bits per heavy atom. The SMILES string of the molecule is Cc1ccc2sc(-c3ccccc3)c(O)c2c1. The molecule has 0 radical (unpaired) electrons. The largest absolute Gasteiger partial charge is 0.506 e. The summed E-state index contributed by atoms with van der Waals surface area (Å²) < 4.78 is 1.13. The van der Waals surface area contributed by atoms with Gasteiger partial charge in [-0.1, -0.05) is 42.0 Å². The quantitative estimate of drug-likeness (QED) is 0.660. The van der Waals surface area contributed by atoms with Crippen molar-refractivity contribution in [3.63, 3.8) is 0 Å². The van der Waals surface area contributed by atoms with Gasteiger partial charge in [0.2, 0.25) is 0 Å². The van der Waals surface area contributed by atoms with Crippen LogP contribution in [-0.2, 0) is 0 Å². The fraction of sp³-hybridized carbons (Fsp3) is 0.0667. The summed E-state index contributed by atoms with van der Waals surface area (Å²) in [6, 6.07) is 16.2. The Kier molecular flexibility index (Phi) is 2.37. The molecule has 84 valence electrons. The van der Waals surface area contributed by atoms with Gasteiger partial charge in [-0.15, -0.1) is 11.3 Å². The lowest BCUT2D eigenvalue weighted by atomic mass is 10.1. The molecule has 3 rings (SSSR count). The van der Waals surface area contributed by atoms with Crippen LogP contribution in [0.2, 0.25) is 0 Å². The number of hydrogen-bond acceptors (Lipinski definition) is 2. The van der Waals surface area contributed by atoms with Crippen LogP contribution in [0, 0.1) is 6.92 Å². The highest BCUT2D eigenvalue weighted by molar-refractivity contribution is 7.22. The lowest BCUT2D eigenvalue weighted by Crippen LogP contribution is -1.72. The standard InChI is InChI=1S/C15H12OS/c1-10-7-8-13-12(9-10)14(16)15(17-13)11-5-3-2-4-6-11/h2-9,16H,1H3. The second kappa shape index (κ2) is 3.90. The second-order valence-electron chi connectivity index (χ2n) is 4.15. The molecule has 0 saturated carbocycles.